The number of rotatable bonds is 7. The summed E-state index contributed by atoms with van der Waals surface area (Å²) < 4.78 is 25.0. The first-order chi connectivity index (χ1) is 15.5. The van der Waals surface area contributed by atoms with Gasteiger partial charge in [-0.1, -0.05) is 48.5 Å². The van der Waals surface area contributed by atoms with Crippen LogP contribution in [0.25, 0.3) is 34.0 Å². The molecule has 32 heavy (non-hydrogen) atoms. The maximum Gasteiger partial charge on any atom is 0.258 e. The second kappa shape index (κ2) is 9.11. The molecule has 4 aromatic rings. The molecule has 0 radical (unpaired) electrons. The topological polar surface area (TPSA) is 91.2 Å². The Balaban J connectivity index is 1.71. The molecule has 2 N–H and O–H groups in total. The molecule has 162 valence electrons. The van der Waals surface area contributed by atoms with Gasteiger partial charge in [0, 0.05) is 18.2 Å². The molecule has 6 nitrogen and oxygen atoms in total. The second-order valence-corrected chi connectivity index (χ2v) is 7.30. The molecule has 0 atom stereocenters. The largest absolute Gasteiger partial charge is 0.380 e. The fraction of sp³-hybridized carbons (Fsp3) is 0.160. The number of primary amides is 1. The Labute approximate surface area is 184 Å². The number of amides is 1. The van der Waals surface area contributed by atoms with Crippen molar-refractivity contribution < 1.29 is 18.4 Å². The van der Waals surface area contributed by atoms with E-state index in [1.165, 1.54) is 17.7 Å². The maximum absolute atomic E-state index is 14.1. The molecule has 0 aliphatic heterocycles. The molecular formula is C25H22FN3O3. The van der Waals surface area contributed by atoms with E-state index < -0.39 is 11.7 Å². The molecule has 0 spiro atoms. The van der Waals surface area contributed by atoms with E-state index in [2.05, 4.69) is 29.2 Å². The van der Waals surface area contributed by atoms with Crippen LogP contribution in [0.2, 0.25) is 0 Å². The molecule has 0 saturated heterocycles. The molecule has 0 aliphatic rings. The van der Waals surface area contributed by atoms with Crippen LogP contribution in [0.3, 0.4) is 0 Å². The van der Waals surface area contributed by atoms with Gasteiger partial charge in [-0.2, -0.15) is 4.98 Å². The molecule has 0 fully saturated rings. The first-order valence-electron chi connectivity index (χ1n) is 10.2. The number of benzene rings is 3. The summed E-state index contributed by atoms with van der Waals surface area (Å²) >= 11 is 0. The van der Waals surface area contributed by atoms with Crippen LogP contribution in [0.15, 0.2) is 65.2 Å². The Morgan fingerprint density at radius 1 is 1.03 bits per heavy atom. The van der Waals surface area contributed by atoms with Crippen molar-refractivity contribution in [1.82, 2.24) is 10.1 Å². The third-order valence-electron chi connectivity index (χ3n) is 5.26. The van der Waals surface area contributed by atoms with E-state index in [-0.39, 0.29) is 11.4 Å². The molecule has 1 amide bonds. The normalized spacial score (nSPS) is 11.0. The van der Waals surface area contributed by atoms with Crippen molar-refractivity contribution >= 4 is 5.91 Å². The summed E-state index contributed by atoms with van der Waals surface area (Å²) in [7, 11) is 1.65. The number of ether oxygens (including phenoxy) is 1. The van der Waals surface area contributed by atoms with Crippen LogP contribution in [0.4, 0.5) is 4.39 Å². The van der Waals surface area contributed by atoms with Crippen molar-refractivity contribution in [3.05, 3.63) is 83.2 Å². The summed E-state index contributed by atoms with van der Waals surface area (Å²) in [6.45, 7) is 2.55. The van der Waals surface area contributed by atoms with E-state index in [0.29, 0.717) is 18.1 Å². The average Bonchev–Trinajstić information content (AvgIpc) is 3.29. The summed E-state index contributed by atoms with van der Waals surface area (Å²) in [6, 6.07) is 18.2. The van der Waals surface area contributed by atoms with E-state index in [1.807, 2.05) is 30.3 Å². The van der Waals surface area contributed by atoms with E-state index in [1.54, 1.807) is 7.11 Å². The summed E-state index contributed by atoms with van der Waals surface area (Å²) in [5.41, 5.74) is 10.5. The summed E-state index contributed by atoms with van der Waals surface area (Å²) in [4.78, 5) is 15.6. The number of hydrogen-bond donors (Lipinski definition) is 1. The van der Waals surface area contributed by atoms with Crippen LogP contribution in [-0.4, -0.2) is 23.2 Å². The first-order valence-corrected chi connectivity index (χ1v) is 10.2. The van der Waals surface area contributed by atoms with Gasteiger partial charge < -0.3 is 15.0 Å². The number of aromatic nitrogens is 2. The monoisotopic (exact) mass is 431 g/mol. The van der Waals surface area contributed by atoms with Crippen LogP contribution in [0.5, 0.6) is 0 Å². The number of aryl methyl sites for hydroxylation is 1. The van der Waals surface area contributed by atoms with Crippen LogP contribution in [0, 0.1) is 5.82 Å². The number of methoxy groups -OCH3 is 1. The van der Waals surface area contributed by atoms with Crippen molar-refractivity contribution in [3.8, 4) is 34.0 Å². The molecule has 1 heterocycles. The smallest absolute Gasteiger partial charge is 0.258 e. The van der Waals surface area contributed by atoms with E-state index in [0.717, 1.165) is 34.7 Å². The fourth-order valence-corrected chi connectivity index (χ4v) is 3.67. The van der Waals surface area contributed by atoms with Crippen LogP contribution in [0.1, 0.15) is 28.4 Å². The van der Waals surface area contributed by atoms with Gasteiger partial charge in [-0.25, -0.2) is 4.39 Å². The number of nitrogens with zero attached hydrogens (tertiary/aromatic N) is 2. The molecule has 3 aromatic carbocycles. The summed E-state index contributed by atoms with van der Waals surface area (Å²) in [5.74, 6) is -1.06. The minimum Gasteiger partial charge on any atom is -0.380 e. The third-order valence-corrected chi connectivity index (χ3v) is 5.26. The molecule has 7 heteroatoms. The molecule has 4 rings (SSSR count). The zero-order valence-electron chi connectivity index (χ0n) is 17.8. The van der Waals surface area contributed by atoms with Gasteiger partial charge in [-0.3, -0.25) is 4.79 Å². The lowest BCUT2D eigenvalue weighted by molar-refractivity contribution is 0.0996. The highest BCUT2D eigenvalue weighted by atomic mass is 19.1. The van der Waals surface area contributed by atoms with Crippen molar-refractivity contribution in [2.45, 2.75) is 20.0 Å². The third kappa shape index (κ3) is 4.15. The van der Waals surface area contributed by atoms with E-state index >= 15 is 0 Å². The Kier molecular flexibility index (Phi) is 6.09. The Morgan fingerprint density at radius 2 is 1.78 bits per heavy atom. The predicted molar refractivity (Wildman–Crippen MR) is 119 cm³/mol. The van der Waals surface area contributed by atoms with Gasteiger partial charge in [-0.05, 0) is 52.9 Å². The lowest BCUT2D eigenvalue weighted by Gasteiger charge is -2.13. The average molecular weight is 431 g/mol. The highest BCUT2D eigenvalue weighted by Crippen LogP contribution is 2.32. The Morgan fingerprint density at radius 3 is 2.50 bits per heavy atom. The SMILES string of the molecule is CCc1ccccc1-c1ccc(-c2nc(-c3ccc(C(N)=O)c(F)c3)no2)cc1COC. The van der Waals surface area contributed by atoms with Crippen LogP contribution < -0.4 is 5.73 Å². The predicted octanol–water partition coefficient (Wildman–Crippen LogP) is 5.02. The number of carbonyl (C=O) groups is 1. The van der Waals surface area contributed by atoms with E-state index in [9.17, 15) is 9.18 Å². The zero-order valence-corrected chi connectivity index (χ0v) is 17.8. The molecular weight excluding hydrogens is 409 g/mol. The quantitative estimate of drug-likeness (QED) is 0.444. The van der Waals surface area contributed by atoms with Crippen molar-refractivity contribution in [2.75, 3.05) is 7.11 Å². The van der Waals surface area contributed by atoms with E-state index in [4.69, 9.17) is 15.0 Å². The minimum absolute atomic E-state index is 0.190. The molecule has 0 unspecified atom stereocenters. The highest BCUT2D eigenvalue weighted by Gasteiger charge is 2.16. The Bertz CT molecular complexity index is 1280. The molecule has 0 bridgehead atoms. The lowest BCUT2D eigenvalue weighted by Crippen LogP contribution is -2.12. The standard InChI is InChI=1S/C25H22FN3O3/c1-3-15-6-4-5-7-19(15)20-10-9-17(12-18(20)14-31-2)25-28-24(29-32-25)16-8-11-21(23(27)30)22(26)13-16/h4-13H,3,14H2,1-2H3,(H2,27,30). The van der Waals surface area contributed by atoms with Gasteiger partial charge in [-0.15, -0.1) is 0 Å². The number of carbonyl (C=O) groups excluding carboxylic acids is 1. The maximum atomic E-state index is 14.1. The van der Waals surface area contributed by atoms with Crippen LogP contribution in [-0.2, 0) is 17.8 Å². The van der Waals surface area contributed by atoms with Gasteiger partial charge in [0.2, 0.25) is 5.82 Å². The van der Waals surface area contributed by atoms with Crippen molar-refractivity contribution in [3.63, 3.8) is 0 Å². The lowest BCUT2D eigenvalue weighted by atomic mass is 9.93. The second-order valence-electron chi connectivity index (χ2n) is 7.30. The fourth-order valence-electron chi connectivity index (χ4n) is 3.67. The van der Waals surface area contributed by atoms with Crippen LogP contribution >= 0.6 is 0 Å². The van der Waals surface area contributed by atoms with Gasteiger partial charge in [0.25, 0.3) is 11.8 Å². The number of nitrogens with two attached hydrogens (primary N) is 1. The van der Waals surface area contributed by atoms with Gasteiger partial charge >= 0.3 is 0 Å². The van der Waals surface area contributed by atoms with Crippen molar-refractivity contribution in [2.24, 2.45) is 5.73 Å². The van der Waals surface area contributed by atoms with Crippen molar-refractivity contribution in [1.29, 1.82) is 0 Å². The summed E-state index contributed by atoms with van der Waals surface area (Å²) in [5, 5.41) is 3.96. The molecule has 0 aliphatic carbocycles. The van der Waals surface area contributed by atoms with Gasteiger partial charge in [0.05, 0.1) is 12.2 Å². The molecule has 1 aromatic heterocycles. The molecule has 0 saturated carbocycles. The zero-order chi connectivity index (χ0) is 22.7. The highest BCUT2D eigenvalue weighted by molar-refractivity contribution is 5.93. The van der Waals surface area contributed by atoms with Gasteiger partial charge in [0.1, 0.15) is 5.82 Å². The number of halogens is 1. The summed E-state index contributed by atoms with van der Waals surface area (Å²) in [6.07, 6.45) is 0.919. The Hall–Kier alpha value is -3.84. The minimum atomic E-state index is -0.835. The van der Waals surface area contributed by atoms with Gasteiger partial charge in [0.15, 0.2) is 0 Å². The number of hydrogen-bond acceptors (Lipinski definition) is 5. The first kappa shape index (κ1) is 21.4.